The summed E-state index contributed by atoms with van der Waals surface area (Å²) in [4.78, 5) is 30.2. The van der Waals surface area contributed by atoms with Crippen LogP contribution in [0.15, 0.2) is 35.1 Å². The number of nitrogens with one attached hydrogen (secondary N) is 3. The molecule has 0 spiro atoms. The van der Waals surface area contributed by atoms with Crippen LogP contribution in [0.1, 0.15) is 10.5 Å². The van der Waals surface area contributed by atoms with Crippen LogP contribution in [0.25, 0.3) is 11.3 Å². The zero-order valence-electron chi connectivity index (χ0n) is 17.7. The van der Waals surface area contributed by atoms with Crippen molar-refractivity contribution in [3.05, 3.63) is 46.5 Å². The van der Waals surface area contributed by atoms with Crippen LogP contribution in [-0.4, -0.2) is 51.4 Å². The van der Waals surface area contributed by atoms with Gasteiger partial charge in [0.25, 0.3) is 5.91 Å². The van der Waals surface area contributed by atoms with Crippen LogP contribution in [0.4, 0.5) is 5.69 Å². The molecule has 0 aliphatic rings. The first-order valence-electron chi connectivity index (χ1n) is 9.11. The van der Waals surface area contributed by atoms with Gasteiger partial charge in [-0.25, -0.2) is 4.79 Å². The molecule has 164 valence electrons. The zero-order chi connectivity index (χ0) is 22.5. The topological polar surface area (TPSA) is 124 Å². The Kier molecular flexibility index (Phi) is 6.39. The minimum Gasteiger partial charge on any atom is -0.493 e. The largest absolute Gasteiger partial charge is 0.493 e. The Balaban J connectivity index is 2.01. The van der Waals surface area contributed by atoms with E-state index in [2.05, 4.69) is 15.3 Å². The minimum absolute atomic E-state index is 0.0362. The van der Waals surface area contributed by atoms with Crippen LogP contribution >= 0.6 is 0 Å². The highest BCUT2D eigenvalue weighted by atomic mass is 16.5. The average molecular weight is 429 g/mol. The van der Waals surface area contributed by atoms with E-state index >= 15 is 0 Å². The summed E-state index contributed by atoms with van der Waals surface area (Å²) < 4.78 is 26.5. The smallest absolute Gasteiger partial charge is 0.323 e. The highest BCUT2D eigenvalue weighted by Crippen LogP contribution is 2.41. The molecular formula is C21H23N3O7. The van der Waals surface area contributed by atoms with Gasteiger partial charge in [0, 0.05) is 17.3 Å². The van der Waals surface area contributed by atoms with Gasteiger partial charge in [0.1, 0.15) is 5.69 Å². The number of benzene rings is 2. The fourth-order valence-corrected chi connectivity index (χ4v) is 3.10. The van der Waals surface area contributed by atoms with Crippen LogP contribution in [0.5, 0.6) is 28.7 Å². The van der Waals surface area contributed by atoms with Gasteiger partial charge >= 0.3 is 5.69 Å². The summed E-state index contributed by atoms with van der Waals surface area (Å²) in [6.07, 6.45) is 0. The van der Waals surface area contributed by atoms with Gasteiger partial charge in [-0.05, 0) is 24.3 Å². The lowest BCUT2D eigenvalue weighted by Crippen LogP contribution is -2.15. The standard InChI is InChI=1S/C21H23N3O7/c1-27-13-7-6-12(10-14(13)28-2)22-20(25)18-17(23-21(26)24-18)11-8-15(29-3)19(31-5)16(9-11)30-4/h6-10H,1-5H3,(H,22,25)(H2,23,24,26). The number of carbonyl (C=O) groups excluding carboxylic acids is 1. The minimum atomic E-state index is -0.541. The number of amides is 1. The third-order valence-electron chi connectivity index (χ3n) is 4.55. The highest BCUT2D eigenvalue weighted by molar-refractivity contribution is 6.07. The Labute approximate surface area is 178 Å². The van der Waals surface area contributed by atoms with Crippen LogP contribution in [-0.2, 0) is 0 Å². The molecule has 0 aliphatic carbocycles. The molecule has 0 bridgehead atoms. The van der Waals surface area contributed by atoms with Gasteiger partial charge in [0.15, 0.2) is 23.0 Å². The molecule has 31 heavy (non-hydrogen) atoms. The Hall–Kier alpha value is -4.08. The van der Waals surface area contributed by atoms with E-state index in [4.69, 9.17) is 23.7 Å². The van der Waals surface area contributed by atoms with Gasteiger partial charge in [-0.15, -0.1) is 0 Å². The number of hydrogen-bond acceptors (Lipinski definition) is 7. The van der Waals surface area contributed by atoms with E-state index < -0.39 is 11.6 Å². The van der Waals surface area contributed by atoms with Crippen molar-refractivity contribution < 1.29 is 28.5 Å². The first kappa shape index (κ1) is 21.6. The second-order valence-corrected chi connectivity index (χ2v) is 6.27. The molecule has 0 aliphatic heterocycles. The lowest BCUT2D eigenvalue weighted by molar-refractivity contribution is 0.102. The number of anilines is 1. The number of ether oxygens (including phenoxy) is 5. The number of methoxy groups -OCH3 is 5. The lowest BCUT2D eigenvalue weighted by Gasteiger charge is -2.14. The van der Waals surface area contributed by atoms with Crippen LogP contribution in [0.3, 0.4) is 0 Å². The predicted octanol–water partition coefficient (Wildman–Crippen LogP) is 2.67. The molecule has 1 aromatic heterocycles. The van der Waals surface area contributed by atoms with Gasteiger partial charge in [-0.3, -0.25) is 4.79 Å². The summed E-state index contributed by atoms with van der Waals surface area (Å²) in [6, 6.07) is 8.19. The monoisotopic (exact) mass is 429 g/mol. The summed E-state index contributed by atoms with van der Waals surface area (Å²) in [6.45, 7) is 0. The second-order valence-electron chi connectivity index (χ2n) is 6.27. The van der Waals surface area contributed by atoms with Crippen LogP contribution in [0, 0.1) is 0 Å². The van der Waals surface area contributed by atoms with Crippen LogP contribution < -0.4 is 34.7 Å². The molecule has 1 heterocycles. The molecule has 1 amide bonds. The Morgan fingerprint density at radius 2 is 1.39 bits per heavy atom. The summed E-state index contributed by atoms with van der Waals surface area (Å²) >= 11 is 0. The summed E-state index contributed by atoms with van der Waals surface area (Å²) in [5.74, 6) is 1.59. The number of rotatable bonds is 8. The summed E-state index contributed by atoms with van der Waals surface area (Å²) in [5, 5.41) is 2.74. The van der Waals surface area contributed by atoms with Crippen molar-refractivity contribution in [2.45, 2.75) is 0 Å². The van der Waals surface area contributed by atoms with Gasteiger partial charge in [0.05, 0.1) is 41.2 Å². The first-order valence-corrected chi connectivity index (χ1v) is 9.11. The Morgan fingerprint density at radius 1 is 0.774 bits per heavy atom. The molecule has 0 saturated heterocycles. The third-order valence-corrected chi connectivity index (χ3v) is 4.55. The maximum Gasteiger partial charge on any atom is 0.323 e. The number of aromatic nitrogens is 2. The maximum absolute atomic E-state index is 12.9. The molecule has 0 atom stereocenters. The Morgan fingerprint density at radius 3 is 1.94 bits per heavy atom. The maximum atomic E-state index is 12.9. The summed E-state index contributed by atoms with van der Waals surface area (Å²) in [5.41, 5.74) is 0.711. The van der Waals surface area contributed by atoms with Crippen molar-refractivity contribution in [3.8, 4) is 40.0 Å². The molecule has 0 radical (unpaired) electrons. The molecule has 0 saturated carbocycles. The lowest BCUT2D eigenvalue weighted by atomic mass is 10.1. The normalized spacial score (nSPS) is 10.4. The SMILES string of the molecule is COc1ccc(NC(=O)c2[nH]c(=O)[nH]c2-c2cc(OC)c(OC)c(OC)c2)cc1OC. The molecule has 10 nitrogen and oxygen atoms in total. The number of carbonyl (C=O) groups is 1. The molecule has 0 unspecified atom stereocenters. The highest BCUT2D eigenvalue weighted by Gasteiger charge is 2.21. The number of aromatic amines is 2. The molecule has 2 aromatic carbocycles. The van der Waals surface area contributed by atoms with Crippen LogP contribution in [0.2, 0.25) is 0 Å². The average Bonchev–Trinajstić information content (AvgIpc) is 3.19. The Bertz CT molecular complexity index is 1130. The fraction of sp³-hybridized carbons (Fsp3) is 0.238. The van der Waals surface area contributed by atoms with Gasteiger partial charge in [-0.1, -0.05) is 0 Å². The number of hydrogen-bond donors (Lipinski definition) is 3. The van der Waals surface area contributed by atoms with Crippen molar-refractivity contribution in [2.75, 3.05) is 40.9 Å². The van der Waals surface area contributed by atoms with E-state index in [9.17, 15) is 9.59 Å². The van der Waals surface area contributed by atoms with E-state index in [1.807, 2.05) is 0 Å². The molecule has 10 heteroatoms. The van der Waals surface area contributed by atoms with Gasteiger partial charge in [0.2, 0.25) is 5.75 Å². The van der Waals surface area contributed by atoms with E-state index in [0.717, 1.165) is 0 Å². The van der Waals surface area contributed by atoms with Gasteiger partial charge in [-0.2, -0.15) is 0 Å². The van der Waals surface area contributed by atoms with Crippen molar-refractivity contribution in [1.82, 2.24) is 9.97 Å². The number of H-pyrrole nitrogens is 2. The van der Waals surface area contributed by atoms with Crippen molar-refractivity contribution >= 4 is 11.6 Å². The summed E-state index contributed by atoms with van der Waals surface area (Å²) in [7, 11) is 7.46. The number of imidazole rings is 1. The van der Waals surface area contributed by atoms with Crippen molar-refractivity contribution in [1.29, 1.82) is 0 Å². The van der Waals surface area contributed by atoms with Crippen molar-refractivity contribution in [2.24, 2.45) is 0 Å². The molecular weight excluding hydrogens is 406 g/mol. The predicted molar refractivity (Wildman–Crippen MR) is 114 cm³/mol. The van der Waals surface area contributed by atoms with E-state index in [1.54, 1.807) is 30.3 Å². The van der Waals surface area contributed by atoms with E-state index in [0.29, 0.717) is 40.0 Å². The molecule has 0 fully saturated rings. The molecule has 3 rings (SSSR count). The first-order chi connectivity index (χ1) is 14.9. The quantitative estimate of drug-likeness (QED) is 0.503. The van der Waals surface area contributed by atoms with Crippen molar-refractivity contribution in [3.63, 3.8) is 0 Å². The molecule has 3 aromatic rings. The van der Waals surface area contributed by atoms with Gasteiger partial charge < -0.3 is 39.0 Å². The second kappa shape index (κ2) is 9.16. The third kappa shape index (κ3) is 4.27. The zero-order valence-corrected chi connectivity index (χ0v) is 17.7. The van der Waals surface area contributed by atoms with E-state index in [-0.39, 0.29) is 11.4 Å². The molecule has 3 N–H and O–H groups in total. The van der Waals surface area contributed by atoms with E-state index in [1.165, 1.54) is 35.5 Å². The fourth-order valence-electron chi connectivity index (χ4n) is 3.10.